The fourth-order valence-electron chi connectivity index (χ4n) is 4.20. The molecule has 2 aliphatic rings. The molecule has 3 heterocycles. The molecule has 1 atom stereocenters. The Morgan fingerprint density at radius 1 is 1.30 bits per heavy atom. The van der Waals surface area contributed by atoms with Crippen LogP contribution in [0.4, 0.5) is 4.79 Å². The van der Waals surface area contributed by atoms with Gasteiger partial charge in [-0.3, -0.25) is 0 Å². The van der Waals surface area contributed by atoms with Gasteiger partial charge in [0.25, 0.3) is 0 Å². The van der Waals surface area contributed by atoms with Gasteiger partial charge in [0.1, 0.15) is 0 Å². The number of carbonyl (C=O) groups is 1. The van der Waals surface area contributed by atoms with E-state index in [-0.39, 0.29) is 11.9 Å². The van der Waals surface area contributed by atoms with Crippen molar-refractivity contribution >= 4 is 27.0 Å². The Hall–Kier alpha value is -2.06. The van der Waals surface area contributed by atoms with Crippen LogP contribution in [0.3, 0.4) is 0 Å². The van der Waals surface area contributed by atoms with Crippen LogP contribution in [-0.2, 0) is 23.0 Å². The number of nitrogens with zero attached hydrogens (tertiary/aromatic N) is 2. The minimum atomic E-state index is -3.16. The normalized spacial score (nSPS) is 21.2. The van der Waals surface area contributed by atoms with Gasteiger partial charge in [-0.05, 0) is 36.8 Å². The molecule has 4 rings (SSSR count). The van der Waals surface area contributed by atoms with Gasteiger partial charge in [0, 0.05) is 42.8 Å². The van der Waals surface area contributed by atoms with Crippen LogP contribution in [0.2, 0.25) is 0 Å². The topological polar surface area (TPSA) is 85.5 Å². The highest BCUT2D eigenvalue weighted by Crippen LogP contribution is 2.27. The van der Waals surface area contributed by atoms with Crippen LogP contribution in [0, 0.1) is 5.92 Å². The number of rotatable bonds is 3. The van der Waals surface area contributed by atoms with Gasteiger partial charge in [-0.2, -0.15) is 0 Å². The number of urea groups is 1. The van der Waals surface area contributed by atoms with Crippen molar-refractivity contribution in [2.75, 3.05) is 32.4 Å². The summed E-state index contributed by atoms with van der Waals surface area (Å²) in [5.41, 5.74) is 3.54. The summed E-state index contributed by atoms with van der Waals surface area (Å²) in [5, 5.41) is 4.26. The Morgan fingerprint density at radius 3 is 2.93 bits per heavy atom. The standard InChI is InChI=1S/C19H26N4O3S/c1-27(25,26)23-9-4-5-14(12-23)11-20-19(24)22-10-8-16-15-6-2-3-7-17(15)21-18(16)13-22/h2-3,6-7,14,21H,4-5,8-13H2,1H3,(H,20,24)/t14-/m0/s1. The molecular weight excluding hydrogens is 364 g/mol. The van der Waals surface area contributed by atoms with Gasteiger partial charge in [0.05, 0.1) is 12.8 Å². The lowest BCUT2D eigenvalue weighted by molar-refractivity contribution is 0.186. The van der Waals surface area contributed by atoms with E-state index in [1.807, 2.05) is 17.0 Å². The van der Waals surface area contributed by atoms with Crippen LogP contribution in [0.15, 0.2) is 24.3 Å². The third kappa shape index (κ3) is 3.82. The summed E-state index contributed by atoms with van der Waals surface area (Å²) in [4.78, 5) is 17.9. The molecule has 0 saturated carbocycles. The molecule has 1 saturated heterocycles. The van der Waals surface area contributed by atoms with Gasteiger partial charge in [-0.1, -0.05) is 18.2 Å². The number of aromatic amines is 1. The highest BCUT2D eigenvalue weighted by Gasteiger charge is 2.28. The molecule has 2 aliphatic heterocycles. The predicted molar refractivity (Wildman–Crippen MR) is 105 cm³/mol. The molecule has 0 spiro atoms. The van der Waals surface area contributed by atoms with Gasteiger partial charge >= 0.3 is 6.03 Å². The number of hydrogen-bond donors (Lipinski definition) is 2. The molecular formula is C19H26N4O3S. The number of carbonyl (C=O) groups excluding carboxylic acids is 1. The minimum Gasteiger partial charge on any atom is -0.357 e. The fraction of sp³-hybridized carbons (Fsp3) is 0.526. The SMILES string of the molecule is CS(=O)(=O)N1CCC[C@@H](CNC(=O)N2CCc3c([nH]c4ccccc34)C2)C1. The number of sulfonamides is 1. The fourth-order valence-corrected chi connectivity index (χ4v) is 5.15. The number of amides is 2. The Morgan fingerprint density at radius 2 is 2.11 bits per heavy atom. The van der Waals surface area contributed by atoms with E-state index in [4.69, 9.17) is 0 Å². The molecule has 27 heavy (non-hydrogen) atoms. The zero-order valence-electron chi connectivity index (χ0n) is 15.6. The smallest absolute Gasteiger partial charge is 0.317 e. The van der Waals surface area contributed by atoms with Crippen LogP contribution in [0.1, 0.15) is 24.1 Å². The lowest BCUT2D eigenvalue weighted by Gasteiger charge is -2.32. The molecule has 1 aromatic heterocycles. The second-order valence-electron chi connectivity index (χ2n) is 7.61. The second kappa shape index (κ2) is 7.16. The monoisotopic (exact) mass is 390 g/mol. The van der Waals surface area contributed by atoms with Crippen LogP contribution >= 0.6 is 0 Å². The zero-order chi connectivity index (χ0) is 19.0. The highest BCUT2D eigenvalue weighted by atomic mass is 32.2. The van der Waals surface area contributed by atoms with Gasteiger partial charge in [0.2, 0.25) is 10.0 Å². The molecule has 0 radical (unpaired) electrons. The van der Waals surface area contributed by atoms with Crippen molar-refractivity contribution in [2.24, 2.45) is 5.92 Å². The van der Waals surface area contributed by atoms with Gasteiger partial charge < -0.3 is 15.2 Å². The average Bonchev–Trinajstić information content (AvgIpc) is 3.03. The minimum absolute atomic E-state index is 0.0733. The molecule has 0 bridgehead atoms. The predicted octanol–water partition coefficient (Wildman–Crippen LogP) is 1.91. The van der Waals surface area contributed by atoms with Crippen LogP contribution < -0.4 is 5.32 Å². The van der Waals surface area contributed by atoms with Crippen molar-refractivity contribution < 1.29 is 13.2 Å². The van der Waals surface area contributed by atoms with Crippen molar-refractivity contribution in [3.63, 3.8) is 0 Å². The van der Waals surface area contributed by atoms with Gasteiger partial charge in [-0.25, -0.2) is 17.5 Å². The van der Waals surface area contributed by atoms with Crippen LogP contribution in [0.25, 0.3) is 10.9 Å². The Balaban J connectivity index is 1.35. The lowest BCUT2D eigenvalue weighted by Crippen LogP contribution is -2.47. The van der Waals surface area contributed by atoms with Crippen LogP contribution in [-0.4, -0.2) is 61.1 Å². The first-order valence-corrected chi connectivity index (χ1v) is 11.3. The number of H-pyrrole nitrogens is 1. The van der Waals surface area contributed by atoms with Crippen molar-refractivity contribution in [1.82, 2.24) is 19.5 Å². The third-order valence-corrected chi connectivity index (χ3v) is 6.93. The zero-order valence-corrected chi connectivity index (χ0v) is 16.4. The second-order valence-corrected chi connectivity index (χ2v) is 9.60. The van der Waals surface area contributed by atoms with Gasteiger partial charge in [0.15, 0.2) is 0 Å². The van der Waals surface area contributed by atoms with E-state index in [0.29, 0.717) is 32.7 Å². The summed E-state index contributed by atoms with van der Waals surface area (Å²) in [5.74, 6) is 0.172. The summed E-state index contributed by atoms with van der Waals surface area (Å²) < 4.78 is 25.0. The first-order chi connectivity index (χ1) is 12.9. The number of nitrogens with one attached hydrogen (secondary N) is 2. The highest BCUT2D eigenvalue weighted by molar-refractivity contribution is 7.88. The Bertz CT molecular complexity index is 953. The maximum Gasteiger partial charge on any atom is 0.317 e. The molecule has 146 valence electrons. The summed E-state index contributed by atoms with van der Waals surface area (Å²) in [6.07, 6.45) is 3.88. The largest absolute Gasteiger partial charge is 0.357 e. The third-order valence-electron chi connectivity index (χ3n) is 5.66. The quantitative estimate of drug-likeness (QED) is 0.839. The van der Waals surface area contributed by atoms with Gasteiger partial charge in [-0.15, -0.1) is 0 Å². The van der Waals surface area contributed by atoms with E-state index < -0.39 is 10.0 Å². The molecule has 0 unspecified atom stereocenters. The first-order valence-electron chi connectivity index (χ1n) is 9.48. The van der Waals surface area contributed by atoms with Crippen molar-refractivity contribution in [3.8, 4) is 0 Å². The van der Waals surface area contributed by atoms with E-state index in [1.54, 1.807) is 0 Å². The summed E-state index contributed by atoms with van der Waals surface area (Å²) in [6.45, 7) is 2.86. The number of hydrogen-bond acceptors (Lipinski definition) is 3. The Kier molecular flexibility index (Phi) is 4.86. The summed E-state index contributed by atoms with van der Waals surface area (Å²) in [7, 11) is -3.16. The molecule has 8 heteroatoms. The number of aromatic nitrogens is 1. The number of para-hydroxylation sites is 1. The molecule has 2 N–H and O–H groups in total. The van der Waals surface area contributed by atoms with Crippen molar-refractivity contribution in [3.05, 3.63) is 35.5 Å². The lowest BCUT2D eigenvalue weighted by atomic mass is 10.00. The number of benzene rings is 1. The van der Waals surface area contributed by atoms with Crippen LogP contribution in [0.5, 0.6) is 0 Å². The van der Waals surface area contributed by atoms with E-state index in [9.17, 15) is 13.2 Å². The summed E-state index contributed by atoms with van der Waals surface area (Å²) >= 11 is 0. The van der Waals surface area contributed by atoms with E-state index in [2.05, 4.69) is 22.4 Å². The first kappa shape index (κ1) is 18.3. The summed E-state index contributed by atoms with van der Waals surface area (Å²) in [6, 6.07) is 8.17. The molecule has 0 aliphatic carbocycles. The van der Waals surface area contributed by atoms with E-state index >= 15 is 0 Å². The molecule has 2 amide bonds. The Labute approximate surface area is 159 Å². The maximum absolute atomic E-state index is 12.6. The molecule has 7 nitrogen and oxygen atoms in total. The van der Waals surface area contributed by atoms with E-state index in [0.717, 1.165) is 30.5 Å². The number of piperidine rings is 1. The number of fused-ring (bicyclic) bond motifs is 3. The molecule has 1 fully saturated rings. The van der Waals surface area contributed by atoms with E-state index in [1.165, 1.54) is 21.5 Å². The molecule has 2 aromatic rings. The van der Waals surface area contributed by atoms with Crippen molar-refractivity contribution in [2.45, 2.75) is 25.8 Å². The maximum atomic E-state index is 12.6. The van der Waals surface area contributed by atoms with Crippen molar-refractivity contribution in [1.29, 1.82) is 0 Å². The molecule has 1 aromatic carbocycles. The average molecular weight is 391 g/mol.